The number of aromatic nitrogens is 5. The number of methoxy groups -OCH3 is 1. The number of anilines is 1. The maximum atomic E-state index is 13.6. The Bertz CT molecular complexity index is 1210. The molecular weight excluding hydrogens is 419 g/mol. The molecule has 0 saturated heterocycles. The fourth-order valence-electron chi connectivity index (χ4n) is 3.20. The van der Waals surface area contributed by atoms with E-state index in [0.717, 1.165) is 5.56 Å². The van der Waals surface area contributed by atoms with Crippen molar-refractivity contribution in [1.82, 2.24) is 25.2 Å². The van der Waals surface area contributed by atoms with Crippen molar-refractivity contribution >= 4 is 22.4 Å². The van der Waals surface area contributed by atoms with E-state index in [0.29, 0.717) is 28.0 Å². The summed E-state index contributed by atoms with van der Waals surface area (Å²) in [6, 6.07) is 12.9. The number of tetrazole rings is 1. The van der Waals surface area contributed by atoms with Gasteiger partial charge in [-0.2, -0.15) is 0 Å². The first kappa shape index (κ1) is 20.6. The molecule has 0 aliphatic rings. The lowest BCUT2D eigenvalue weighted by molar-refractivity contribution is -0.119. The van der Waals surface area contributed by atoms with Crippen LogP contribution in [-0.4, -0.2) is 38.2 Å². The van der Waals surface area contributed by atoms with Crippen LogP contribution in [0.25, 0.3) is 11.3 Å². The summed E-state index contributed by atoms with van der Waals surface area (Å²) in [5.74, 6) is 0.455. The van der Waals surface area contributed by atoms with Gasteiger partial charge in [-0.1, -0.05) is 24.3 Å². The van der Waals surface area contributed by atoms with Gasteiger partial charge < -0.3 is 10.1 Å². The molecule has 1 atom stereocenters. The van der Waals surface area contributed by atoms with Gasteiger partial charge in [0, 0.05) is 17.4 Å². The van der Waals surface area contributed by atoms with E-state index in [1.807, 2.05) is 29.6 Å². The Labute approximate surface area is 181 Å². The van der Waals surface area contributed by atoms with Crippen molar-refractivity contribution in [3.05, 3.63) is 71.1 Å². The third-order valence-corrected chi connectivity index (χ3v) is 5.45. The molecule has 10 heteroatoms. The Morgan fingerprint density at radius 3 is 2.84 bits per heavy atom. The number of thiazole rings is 1. The summed E-state index contributed by atoms with van der Waals surface area (Å²) in [6.07, 6.45) is 0.222. The average Bonchev–Trinajstić information content (AvgIpc) is 3.41. The molecule has 0 fully saturated rings. The quantitative estimate of drug-likeness (QED) is 0.473. The number of ether oxygens (including phenoxy) is 1. The van der Waals surface area contributed by atoms with Crippen LogP contribution in [0, 0.1) is 12.7 Å². The number of hydrogen-bond donors (Lipinski definition) is 1. The molecule has 4 aromatic rings. The van der Waals surface area contributed by atoms with Gasteiger partial charge in [0.15, 0.2) is 5.13 Å². The van der Waals surface area contributed by atoms with Gasteiger partial charge in [-0.15, -0.1) is 16.4 Å². The molecule has 0 aliphatic heterocycles. The molecule has 2 aromatic carbocycles. The highest BCUT2D eigenvalue weighted by atomic mass is 32.1. The van der Waals surface area contributed by atoms with Crippen molar-refractivity contribution in [3.63, 3.8) is 0 Å². The number of nitrogens with one attached hydrogen (secondary N) is 1. The molecule has 2 aromatic heterocycles. The molecule has 1 amide bonds. The summed E-state index contributed by atoms with van der Waals surface area (Å²) in [7, 11) is 1.60. The number of carbonyl (C=O) groups is 1. The van der Waals surface area contributed by atoms with Gasteiger partial charge >= 0.3 is 0 Å². The molecule has 8 nitrogen and oxygen atoms in total. The van der Waals surface area contributed by atoms with E-state index in [-0.39, 0.29) is 18.1 Å². The first-order valence-corrected chi connectivity index (χ1v) is 10.3. The normalized spacial score (nSPS) is 11.8. The van der Waals surface area contributed by atoms with Crippen molar-refractivity contribution in [2.24, 2.45) is 0 Å². The van der Waals surface area contributed by atoms with Gasteiger partial charge in [0.05, 0.1) is 12.8 Å². The van der Waals surface area contributed by atoms with Crippen molar-refractivity contribution < 1.29 is 13.9 Å². The predicted molar refractivity (Wildman–Crippen MR) is 114 cm³/mol. The summed E-state index contributed by atoms with van der Waals surface area (Å²) < 4.78 is 20.5. The lowest BCUT2D eigenvalue weighted by Crippen LogP contribution is -2.29. The number of aryl methyl sites for hydroxylation is 1. The first-order chi connectivity index (χ1) is 15.0. The third-order valence-electron chi connectivity index (χ3n) is 4.69. The van der Waals surface area contributed by atoms with Crippen LogP contribution in [0.15, 0.2) is 53.9 Å². The topological polar surface area (TPSA) is 94.8 Å². The van der Waals surface area contributed by atoms with Crippen LogP contribution in [0.5, 0.6) is 5.75 Å². The van der Waals surface area contributed by atoms with Crippen LogP contribution in [0.1, 0.15) is 17.4 Å². The number of nitrogens with zero attached hydrogens (tertiary/aromatic N) is 5. The number of carbonyl (C=O) groups excluding carboxylic acids is 1. The van der Waals surface area contributed by atoms with Crippen LogP contribution in [0.2, 0.25) is 0 Å². The molecule has 0 bridgehead atoms. The second-order valence-corrected chi connectivity index (χ2v) is 7.61. The summed E-state index contributed by atoms with van der Waals surface area (Å²) in [5, 5.41) is 16.6. The second kappa shape index (κ2) is 9.00. The minimum absolute atomic E-state index is 0.222. The molecule has 0 aliphatic carbocycles. The molecule has 1 N–H and O–H groups in total. The SMILES string of the molecule is COc1ccccc1-c1csc(NC(=O)C(Cc2cccc(F)c2)n2nnnc2C)n1. The van der Waals surface area contributed by atoms with Gasteiger partial charge in [0.2, 0.25) is 0 Å². The van der Waals surface area contributed by atoms with Gasteiger partial charge in [0.25, 0.3) is 5.91 Å². The second-order valence-electron chi connectivity index (χ2n) is 6.75. The fraction of sp³-hybridized carbons (Fsp3) is 0.190. The largest absolute Gasteiger partial charge is 0.496 e. The van der Waals surface area contributed by atoms with E-state index >= 15 is 0 Å². The Balaban J connectivity index is 1.58. The Morgan fingerprint density at radius 1 is 1.26 bits per heavy atom. The zero-order valence-corrected chi connectivity index (χ0v) is 17.6. The molecule has 2 heterocycles. The number of amides is 1. The number of hydrogen-bond acceptors (Lipinski definition) is 7. The van der Waals surface area contributed by atoms with Crippen LogP contribution >= 0.6 is 11.3 Å². The highest BCUT2D eigenvalue weighted by Gasteiger charge is 2.25. The zero-order chi connectivity index (χ0) is 21.8. The first-order valence-electron chi connectivity index (χ1n) is 9.44. The molecular formula is C21H19FN6O2S. The number of halogens is 1. The minimum Gasteiger partial charge on any atom is -0.496 e. The lowest BCUT2D eigenvalue weighted by atomic mass is 10.1. The van der Waals surface area contributed by atoms with Crippen molar-refractivity contribution in [2.75, 3.05) is 12.4 Å². The summed E-state index contributed by atoms with van der Waals surface area (Å²) in [4.78, 5) is 17.7. The Kier molecular flexibility index (Phi) is 5.99. The molecule has 158 valence electrons. The van der Waals surface area contributed by atoms with Crippen molar-refractivity contribution in [1.29, 1.82) is 0 Å². The number of para-hydroxylation sites is 1. The van der Waals surface area contributed by atoms with E-state index in [9.17, 15) is 9.18 Å². The Hall–Kier alpha value is -3.66. The highest BCUT2D eigenvalue weighted by Crippen LogP contribution is 2.32. The van der Waals surface area contributed by atoms with Crippen molar-refractivity contribution in [3.8, 4) is 17.0 Å². The maximum Gasteiger partial charge on any atom is 0.251 e. The molecule has 4 rings (SSSR count). The predicted octanol–water partition coefficient (Wildman–Crippen LogP) is 3.68. The van der Waals surface area contributed by atoms with Crippen LogP contribution < -0.4 is 10.1 Å². The van der Waals surface area contributed by atoms with Crippen molar-refractivity contribution in [2.45, 2.75) is 19.4 Å². The zero-order valence-electron chi connectivity index (χ0n) is 16.8. The number of rotatable bonds is 7. The van der Waals surface area contributed by atoms with Crippen LogP contribution in [0.4, 0.5) is 9.52 Å². The van der Waals surface area contributed by atoms with Gasteiger partial charge in [-0.3, -0.25) is 4.79 Å². The van der Waals surface area contributed by atoms with Crippen LogP contribution in [0.3, 0.4) is 0 Å². The standard InChI is InChI=1S/C21H19FN6O2S/c1-13-25-26-27-28(13)18(11-14-6-5-7-15(22)10-14)20(29)24-21-23-17(12-31-21)16-8-3-4-9-19(16)30-2/h3-10,12,18H,11H2,1-2H3,(H,23,24,29). The van der Waals surface area contributed by atoms with E-state index in [2.05, 4.69) is 25.8 Å². The monoisotopic (exact) mass is 438 g/mol. The molecule has 0 spiro atoms. The fourth-order valence-corrected chi connectivity index (χ4v) is 3.92. The minimum atomic E-state index is -0.768. The van der Waals surface area contributed by atoms with Gasteiger partial charge in [0.1, 0.15) is 23.4 Å². The Morgan fingerprint density at radius 2 is 2.10 bits per heavy atom. The summed E-state index contributed by atoms with van der Waals surface area (Å²) in [5.41, 5.74) is 2.18. The smallest absolute Gasteiger partial charge is 0.251 e. The number of benzene rings is 2. The molecule has 0 radical (unpaired) electrons. The van der Waals surface area contributed by atoms with E-state index in [1.165, 1.54) is 28.2 Å². The van der Waals surface area contributed by atoms with Crippen LogP contribution in [-0.2, 0) is 11.2 Å². The van der Waals surface area contributed by atoms with Gasteiger partial charge in [-0.05, 0) is 47.2 Å². The molecule has 0 saturated carbocycles. The lowest BCUT2D eigenvalue weighted by Gasteiger charge is -2.16. The van der Waals surface area contributed by atoms with E-state index in [1.54, 1.807) is 26.2 Å². The maximum absolute atomic E-state index is 13.6. The third kappa shape index (κ3) is 4.58. The molecule has 1 unspecified atom stereocenters. The highest BCUT2D eigenvalue weighted by molar-refractivity contribution is 7.14. The van der Waals surface area contributed by atoms with E-state index in [4.69, 9.17) is 4.74 Å². The van der Waals surface area contributed by atoms with E-state index < -0.39 is 6.04 Å². The summed E-state index contributed by atoms with van der Waals surface area (Å²) in [6.45, 7) is 1.70. The average molecular weight is 438 g/mol. The van der Waals surface area contributed by atoms with Gasteiger partial charge in [-0.25, -0.2) is 14.1 Å². The molecule has 31 heavy (non-hydrogen) atoms. The summed E-state index contributed by atoms with van der Waals surface area (Å²) >= 11 is 1.30.